The highest BCUT2D eigenvalue weighted by molar-refractivity contribution is 5.94. The number of hydrogen-bond acceptors (Lipinski definition) is 3. The van der Waals surface area contributed by atoms with Crippen LogP contribution in [0.2, 0.25) is 0 Å². The number of hydrogen-bond donors (Lipinski definition) is 2. The van der Waals surface area contributed by atoms with Crippen molar-refractivity contribution in [2.45, 2.75) is 13.0 Å². The van der Waals surface area contributed by atoms with Crippen molar-refractivity contribution in [1.82, 2.24) is 10.3 Å². The van der Waals surface area contributed by atoms with Crippen LogP contribution in [0.4, 0.5) is 0 Å². The summed E-state index contributed by atoms with van der Waals surface area (Å²) in [6.07, 6.45) is 1.38. The summed E-state index contributed by atoms with van der Waals surface area (Å²) in [6.45, 7) is 1.85. The summed E-state index contributed by atoms with van der Waals surface area (Å²) in [5, 5.41) is 11.6. The van der Waals surface area contributed by atoms with E-state index in [0.717, 1.165) is 5.56 Å². The number of nitriles is 1. The number of aromatic nitrogens is 1. The van der Waals surface area contributed by atoms with Gasteiger partial charge < -0.3 is 10.3 Å². The smallest absolute Gasteiger partial charge is 0.253 e. The summed E-state index contributed by atoms with van der Waals surface area (Å²) in [5.74, 6) is -0.266. The van der Waals surface area contributed by atoms with Crippen molar-refractivity contribution in [1.29, 1.82) is 5.26 Å². The van der Waals surface area contributed by atoms with E-state index in [4.69, 9.17) is 5.26 Å². The first-order chi connectivity index (χ1) is 9.60. The lowest BCUT2D eigenvalue weighted by Crippen LogP contribution is -2.27. The lowest BCUT2D eigenvalue weighted by atomic mass is 10.1. The Hall–Kier alpha value is -2.87. The van der Waals surface area contributed by atoms with Gasteiger partial charge in [-0.3, -0.25) is 9.59 Å². The minimum Gasteiger partial charge on any atom is -0.345 e. The molecule has 0 saturated heterocycles. The van der Waals surface area contributed by atoms with E-state index in [1.165, 1.54) is 18.3 Å². The van der Waals surface area contributed by atoms with Crippen molar-refractivity contribution in [3.63, 3.8) is 0 Å². The second-order valence-corrected chi connectivity index (χ2v) is 4.37. The van der Waals surface area contributed by atoms with Gasteiger partial charge in [0.1, 0.15) is 0 Å². The molecule has 0 fully saturated rings. The molecule has 0 saturated carbocycles. The molecule has 0 unspecified atom stereocenters. The number of amides is 1. The molecule has 0 aliphatic rings. The maximum Gasteiger partial charge on any atom is 0.253 e. The molecule has 0 aliphatic carbocycles. The minimum atomic E-state index is -0.266. The molecule has 1 atom stereocenters. The van der Waals surface area contributed by atoms with Crippen LogP contribution in [0.3, 0.4) is 0 Å². The zero-order valence-electron chi connectivity index (χ0n) is 10.9. The minimum absolute atomic E-state index is 0.192. The molecule has 1 amide bonds. The van der Waals surface area contributed by atoms with Gasteiger partial charge in [-0.25, -0.2) is 0 Å². The van der Waals surface area contributed by atoms with Gasteiger partial charge in [0.15, 0.2) is 0 Å². The molecule has 2 N–H and O–H groups in total. The highest BCUT2D eigenvalue weighted by Gasteiger charge is 2.11. The third kappa shape index (κ3) is 3.12. The molecule has 0 bridgehead atoms. The Morgan fingerprint density at radius 2 is 1.95 bits per heavy atom. The quantitative estimate of drug-likeness (QED) is 0.888. The van der Waals surface area contributed by atoms with E-state index in [0.29, 0.717) is 11.1 Å². The summed E-state index contributed by atoms with van der Waals surface area (Å²) in [7, 11) is 0. The molecule has 0 spiro atoms. The van der Waals surface area contributed by atoms with Gasteiger partial charge in [-0.05, 0) is 30.7 Å². The Balaban J connectivity index is 2.08. The number of H-pyrrole nitrogens is 1. The first-order valence-electron chi connectivity index (χ1n) is 6.10. The Morgan fingerprint density at radius 1 is 1.25 bits per heavy atom. The van der Waals surface area contributed by atoms with E-state index in [9.17, 15) is 9.59 Å². The summed E-state index contributed by atoms with van der Waals surface area (Å²) >= 11 is 0. The Labute approximate surface area is 115 Å². The van der Waals surface area contributed by atoms with Crippen LogP contribution in [0.25, 0.3) is 0 Å². The fraction of sp³-hybridized carbons (Fsp3) is 0.133. The first kappa shape index (κ1) is 13.6. The van der Waals surface area contributed by atoms with Crippen molar-refractivity contribution in [2.75, 3.05) is 0 Å². The Morgan fingerprint density at radius 3 is 2.50 bits per heavy atom. The van der Waals surface area contributed by atoms with Crippen LogP contribution in [0.5, 0.6) is 0 Å². The van der Waals surface area contributed by atoms with Crippen molar-refractivity contribution >= 4 is 5.91 Å². The van der Waals surface area contributed by atoms with Gasteiger partial charge in [-0.2, -0.15) is 5.26 Å². The molecule has 2 rings (SSSR count). The van der Waals surface area contributed by atoms with Gasteiger partial charge in [0.2, 0.25) is 5.56 Å². The second kappa shape index (κ2) is 5.85. The third-order valence-electron chi connectivity index (χ3n) is 2.93. The first-order valence-corrected chi connectivity index (χ1v) is 6.10. The fourth-order valence-electron chi connectivity index (χ4n) is 1.76. The van der Waals surface area contributed by atoms with Gasteiger partial charge in [-0.1, -0.05) is 12.1 Å². The average Bonchev–Trinajstić information content (AvgIpc) is 2.48. The number of rotatable bonds is 3. The van der Waals surface area contributed by atoms with Crippen LogP contribution >= 0.6 is 0 Å². The molecule has 2 aromatic rings. The molecule has 1 aromatic heterocycles. The highest BCUT2D eigenvalue weighted by atomic mass is 16.2. The number of carbonyl (C=O) groups excluding carboxylic acids is 1. The molecule has 100 valence electrons. The van der Waals surface area contributed by atoms with Gasteiger partial charge >= 0.3 is 0 Å². The summed E-state index contributed by atoms with van der Waals surface area (Å²) in [6, 6.07) is 11.6. The summed E-state index contributed by atoms with van der Waals surface area (Å²) in [5.41, 5.74) is 1.63. The van der Waals surface area contributed by atoms with E-state index >= 15 is 0 Å². The third-order valence-corrected chi connectivity index (χ3v) is 2.93. The lowest BCUT2D eigenvalue weighted by Gasteiger charge is -2.14. The standard InChI is InChI=1S/C15H13N3O2/c1-10(12-4-2-11(8-16)3-5-12)18-15(20)13-6-7-14(19)17-9-13/h2-7,9-10H,1H3,(H,17,19)(H,18,20)/t10-/m1/s1. The van der Waals surface area contributed by atoms with Gasteiger partial charge in [0.05, 0.1) is 23.2 Å². The fourth-order valence-corrected chi connectivity index (χ4v) is 1.76. The number of carbonyl (C=O) groups is 1. The van der Waals surface area contributed by atoms with Crippen LogP contribution in [-0.4, -0.2) is 10.9 Å². The topological polar surface area (TPSA) is 85.8 Å². The van der Waals surface area contributed by atoms with Crippen LogP contribution in [0.1, 0.15) is 34.5 Å². The van der Waals surface area contributed by atoms with Crippen molar-refractivity contribution in [3.05, 3.63) is 69.6 Å². The Kier molecular flexibility index (Phi) is 3.96. The second-order valence-electron chi connectivity index (χ2n) is 4.37. The molecule has 0 aliphatic heterocycles. The van der Waals surface area contributed by atoms with Crippen molar-refractivity contribution in [3.8, 4) is 6.07 Å². The number of nitrogens with one attached hydrogen (secondary N) is 2. The Bertz CT molecular complexity index is 691. The van der Waals surface area contributed by atoms with Crippen molar-refractivity contribution < 1.29 is 4.79 Å². The largest absolute Gasteiger partial charge is 0.345 e. The van der Waals surface area contributed by atoms with Crippen LogP contribution in [-0.2, 0) is 0 Å². The predicted molar refractivity (Wildman–Crippen MR) is 74.1 cm³/mol. The lowest BCUT2D eigenvalue weighted by molar-refractivity contribution is 0.0939. The van der Waals surface area contributed by atoms with Gasteiger partial charge in [0.25, 0.3) is 5.91 Å². The van der Waals surface area contributed by atoms with Crippen LogP contribution < -0.4 is 10.9 Å². The molecule has 20 heavy (non-hydrogen) atoms. The van der Waals surface area contributed by atoms with E-state index in [-0.39, 0.29) is 17.5 Å². The van der Waals surface area contributed by atoms with Gasteiger partial charge in [-0.15, -0.1) is 0 Å². The summed E-state index contributed by atoms with van der Waals surface area (Å²) < 4.78 is 0. The van der Waals surface area contributed by atoms with Crippen molar-refractivity contribution in [2.24, 2.45) is 0 Å². The van der Waals surface area contributed by atoms with E-state index in [1.54, 1.807) is 24.3 Å². The molecule has 5 heteroatoms. The van der Waals surface area contributed by atoms with E-state index in [2.05, 4.69) is 10.3 Å². The highest BCUT2D eigenvalue weighted by Crippen LogP contribution is 2.13. The van der Waals surface area contributed by atoms with Crippen LogP contribution in [0, 0.1) is 11.3 Å². The molecular formula is C15H13N3O2. The maximum absolute atomic E-state index is 12.0. The monoisotopic (exact) mass is 267 g/mol. The maximum atomic E-state index is 12.0. The normalized spacial score (nSPS) is 11.4. The number of pyridine rings is 1. The predicted octanol–water partition coefficient (Wildman–Crippen LogP) is 1.74. The molecular weight excluding hydrogens is 254 g/mol. The van der Waals surface area contributed by atoms with Gasteiger partial charge in [0, 0.05) is 12.3 Å². The molecule has 1 heterocycles. The molecule has 5 nitrogen and oxygen atoms in total. The van der Waals surface area contributed by atoms with E-state index in [1.807, 2.05) is 13.0 Å². The number of aromatic amines is 1. The average molecular weight is 267 g/mol. The zero-order valence-corrected chi connectivity index (χ0v) is 10.9. The number of nitrogens with zero attached hydrogens (tertiary/aromatic N) is 1. The molecule has 1 aromatic carbocycles. The number of benzene rings is 1. The van der Waals surface area contributed by atoms with E-state index < -0.39 is 0 Å². The SMILES string of the molecule is C[C@@H](NC(=O)c1ccc(=O)[nH]c1)c1ccc(C#N)cc1. The summed E-state index contributed by atoms with van der Waals surface area (Å²) in [4.78, 5) is 25.4. The molecule has 0 radical (unpaired) electrons. The van der Waals surface area contributed by atoms with Crippen LogP contribution in [0.15, 0.2) is 47.4 Å². The zero-order chi connectivity index (χ0) is 14.5.